The first-order valence-corrected chi connectivity index (χ1v) is 12.5. The van der Waals surface area contributed by atoms with E-state index in [1.54, 1.807) is 0 Å². The molecule has 176 valence electrons. The summed E-state index contributed by atoms with van der Waals surface area (Å²) >= 11 is 0. The van der Waals surface area contributed by atoms with Crippen molar-refractivity contribution in [1.29, 1.82) is 0 Å². The first-order chi connectivity index (χ1) is 16.1. The van der Waals surface area contributed by atoms with Gasteiger partial charge in [-0.2, -0.15) is 0 Å². The quantitative estimate of drug-likeness (QED) is 0.592. The highest BCUT2D eigenvalue weighted by Gasteiger charge is 2.28. The molecule has 5 heteroatoms. The second kappa shape index (κ2) is 11.5. The van der Waals surface area contributed by atoms with Gasteiger partial charge in [0, 0.05) is 50.6 Å². The minimum Gasteiger partial charge on any atom is -0.490 e. The Labute approximate surface area is 197 Å². The Morgan fingerprint density at radius 2 is 1.67 bits per heavy atom. The molecule has 0 N–H and O–H groups in total. The lowest BCUT2D eigenvalue weighted by Gasteiger charge is -2.32. The van der Waals surface area contributed by atoms with E-state index in [0.717, 1.165) is 64.0 Å². The number of rotatable bonds is 8. The average Bonchev–Trinajstić information content (AvgIpc) is 2.88. The first kappa shape index (κ1) is 23.5. The monoisotopic (exact) mass is 448 g/mol. The van der Waals surface area contributed by atoms with Gasteiger partial charge in [0.2, 0.25) is 0 Å². The lowest BCUT2D eigenvalue weighted by molar-refractivity contribution is -0.123. The van der Waals surface area contributed by atoms with E-state index in [0.29, 0.717) is 18.5 Å². The van der Waals surface area contributed by atoms with E-state index < -0.39 is 0 Å². The number of ether oxygens (including phenoxy) is 1. The Hall–Kier alpha value is -2.66. The highest BCUT2D eigenvalue weighted by Crippen LogP contribution is 2.23. The maximum atomic E-state index is 12.9. The highest BCUT2D eigenvalue weighted by molar-refractivity contribution is 5.95. The second-order valence-electron chi connectivity index (χ2n) is 9.33. The fourth-order valence-corrected chi connectivity index (χ4v) is 4.95. The second-order valence-corrected chi connectivity index (χ2v) is 9.33. The highest BCUT2D eigenvalue weighted by atomic mass is 16.5. The molecule has 2 heterocycles. The number of carbonyl (C=O) groups is 2. The molecule has 4 rings (SSSR count). The standard InChI is InChI=1S/C28H36N2O3/c1-2-27(31)24-9-6-17-30(21-24)28(32)23-10-12-25(13-11-23)33-26-15-19-29(20-16-26)18-14-22-7-4-3-5-8-22/h3-5,7-8,10-13,24,26H,2,6,9,14-21H2,1H3/t24-/m1/s1. The number of piperidine rings is 2. The largest absolute Gasteiger partial charge is 0.490 e. The number of likely N-dealkylation sites (tertiary alicyclic amines) is 2. The summed E-state index contributed by atoms with van der Waals surface area (Å²) in [5.74, 6) is 1.10. The SMILES string of the molecule is CCC(=O)[C@@H]1CCCN(C(=O)c2ccc(OC3CCN(CCc4ccccc4)CC3)cc2)C1. The Kier molecular flexibility index (Phi) is 8.16. The van der Waals surface area contributed by atoms with Crippen LogP contribution in [-0.2, 0) is 11.2 Å². The molecule has 2 aliphatic rings. The topological polar surface area (TPSA) is 49.9 Å². The number of Topliss-reactive ketones (excluding diaryl/α,β-unsaturated/α-hetero) is 1. The van der Waals surface area contributed by atoms with Crippen molar-refractivity contribution in [2.24, 2.45) is 5.92 Å². The number of amides is 1. The Bertz CT molecular complexity index is 904. The van der Waals surface area contributed by atoms with Crippen LogP contribution in [0.5, 0.6) is 5.75 Å². The normalized spacial score (nSPS) is 19.9. The summed E-state index contributed by atoms with van der Waals surface area (Å²) in [5.41, 5.74) is 2.06. The van der Waals surface area contributed by atoms with Crippen molar-refractivity contribution in [1.82, 2.24) is 9.80 Å². The van der Waals surface area contributed by atoms with E-state index in [1.165, 1.54) is 5.56 Å². The van der Waals surface area contributed by atoms with Gasteiger partial charge in [-0.05, 0) is 61.9 Å². The molecule has 2 saturated heterocycles. The van der Waals surface area contributed by atoms with Crippen LogP contribution < -0.4 is 4.74 Å². The zero-order valence-corrected chi connectivity index (χ0v) is 19.7. The summed E-state index contributed by atoms with van der Waals surface area (Å²) in [4.78, 5) is 29.3. The van der Waals surface area contributed by atoms with Gasteiger partial charge in [0.15, 0.2) is 0 Å². The van der Waals surface area contributed by atoms with E-state index in [2.05, 4.69) is 35.2 Å². The summed E-state index contributed by atoms with van der Waals surface area (Å²) in [6.07, 6.45) is 5.70. The van der Waals surface area contributed by atoms with Gasteiger partial charge in [-0.1, -0.05) is 37.3 Å². The number of ketones is 1. The predicted octanol–water partition coefficient (Wildman–Crippen LogP) is 4.60. The minimum absolute atomic E-state index is 0.00568. The average molecular weight is 449 g/mol. The number of benzene rings is 2. The molecular weight excluding hydrogens is 412 g/mol. The van der Waals surface area contributed by atoms with Crippen LogP contribution in [-0.4, -0.2) is 60.3 Å². The molecule has 5 nitrogen and oxygen atoms in total. The Morgan fingerprint density at radius 3 is 2.36 bits per heavy atom. The summed E-state index contributed by atoms with van der Waals surface area (Å²) in [6, 6.07) is 18.2. The van der Waals surface area contributed by atoms with E-state index in [9.17, 15) is 9.59 Å². The molecule has 2 aromatic rings. The van der Waals surface area contributed by atoms with Crippen molar-refractivity contribution < 1.29 is 14.3 Å². The lowest BCUT2D eigenvalue weighted by atomic mass is 9.92. The van der Waals surface area contributed by atoms with Crippen molar-refractivity contribution in [3.05, 3.63) is 65.7 Å². The fourth-order valence-electron chi connectivity index (χ4n) is 4.95. The van der Waals surface area contributed by atoms with Gasteiger partial charge >= 0.3 is 0 Å². The van der Waals surface area contributed by atoms with Gasteiger partial charge in [0.25, 0.3) is 5.91 Å². The molecule has 0 aliphatic carbocycles. The molecule has 0 spiro atoms. The number of nitrogens with zero attached hydrogens (tertiary/aromatic N) is 2. The third kappa shape index (κ3) is 6.44. The molecule has 2 fully saturated rings. The molecule has 0 radical (unpaired) electrons. The summed E-state index contributed by atoms with van der Waals surface area (Å²) in [6.45, 7) is 6.38. The third-order valence-corrected chi connectivity index (χ3v) is 7.01. The fraction of sp³-hybridized carbons (Fsp3) is 0.500. The van der Waals surface area contributed by atoms with E-state index >= 15 is 0 Å². The van der Waals surface area contributed by atoms with Crippen LogP contribution in [0.2, 0.25) is 0 Å². The van der Waals surface area contributed by atoms with Crippen LogP contribution in [0.15, 0.2) is 54.6 Å². The van der Waals surface area contributed by atoms with Crippen LogP contribution in [0.4, 0.5) is 0 Å². The smallest absolute Gasteiger partial charge is 0.253 e. The Morgan fingerprint density at radius 1 is 0.939 bits per heavy atom. The zero-order valence-electron chi connectivity index (χ0n) is 19.7. The molecule has 0 aromatic heterocycles. The van der Waals surface area contributed by atoms with Crippen molar-refractivity contribution in [3.63, 3.8) is 0 Å². The van der Waals surface area contributed by atoms with Crippen LogP contribution in [0, 0.1) is 5.92 Å². The van der Waals surface area contributed by atoms with E-state index in [4.69, 9.17) is 4.74 Å². The molecular formula is C28H36N2O3. The van der Waals surface area contributed by atoms with Crippen LogP contribution in [0.3, 0.4) is 0 Å². The van der Waals surface area contributed by atoms with Crippen LogP contribution >= 0.6 is 0 Å². The lowest BCUT2D eigenvalue weighted by Crippen LogP contribution is -2.42. The van der Waals surface area contributed by atoms with E-state index in [1.807, 2.05) is 36.1 Å². The predicted molar refractivity (Wildman–Crippen MR) is 131 cm³/mol. The van der Waals surface area contributed by atoms with Gasteiger partial charge in [0.05, 0.1) is 0 Å². The maximum absolute atomic E-state index is 12.9. The minimum atomic E-state index is -0.00568. The summed E-state index contributed by atoms with van der Waals surface area (Å²) < 4.78 is 6.21. The van der Waals surface area contributed by atoms with Crippen molar-refractivity contribution in [2.45, 2.75) is 51.6 Å². The summed E-state index contributed by atoms with van der Waals surface area (Å²) in [5, 5.41) is 0. The van der Waals surface area contributed by atoms with Crippen LogP contribution in [0.1, 0.15) is 54.9 Å². The molecule has 0 bridgehead atoms. The number of carbonyl (C=O) groups excluding carboxylic acids is 2. The van der Waals surface area contributed by atoms with Crippen molar-refractivity contribution >= 4 is 11.7 Å². The maximum Gasteiger partial charge on any atom is 0.253 e. The van der Waals surface area contributed by atoms with Gasteiger partial charge < -0.3 is 14.5 Å². The van der Waals surface area contributed by atoms with Crippen LogP contribution in [0.25, 0.3) is 0 Å². The van der Waals surface area contributed by atoms with Gasteiger partial charge in [-0.25, -0.2) is 0 Å². The molecule has 0 unspecified atom stereocenters. The van der Waals surface area contributed by atoms with Gasteiger partial charge in [0.1, 0.15) is 17.6 Å². The molecule has 33 heavy (non-hydrogen) atoms. The van der Waals surface area contributed by atoms with Gasteiger partial charge in [-0.15, -0.1) is 0 Å². The third-order valence-electron chi connectivity index (χ3n) is 7.01. The number of hydrogen-bond acceptors (Lipinski definition) is 4. The number of hydrogen-bond donors (Lipinski definition) is 0. The first-order valence-electron chi connectivity index (χ1n) is 12.5. The van der Waals surface area contributed by atoms with Gasteiger partial charge in [-0.3, -0.25) is 9.59 Å². The Balaban J connectivity index is 1.23. The zero-order chi connectivity index (χ0) is 23.0. The molecule has 1 atom stereocenters. The van der Waals surface area contributed by atoms with E-state index in [-0.39, 0.29) is 23.7 Å². The van der Waals surface area contributed by atoms with Crippen molar-refractivity contribution in [3.8, 4) is 5.75 Å². The van der Waals surface area contributed by atoms with Crippen molar-refractivity contribution in [2.75, 3.05) is 32.7 Å². The summed E-state index contributed by atoms with van der Waals surface area (Å²) in [7, 11) is 0. The molecule has 1 amide bonds. The molecule has 2 aliphatic heterocycles. The molecule has 2 aromatic carbocycles. The molecule has 0 saturated carbocycles.